The van der Waals surface area contributed by atoms with Gasteiger partial charge in [0.15, 0.2) is 0 Å². The second-order valence-corrected chi connectivity index (χ2v) is 19.8. The standard InChI is InChI=1S/C59H63N3O/c1-37-29-39(41-31-46(58(8,9)10)36-47(32-41)59(11,12)13)23-26-51(37)62-52-19-16-18-48(54(52)61-55(62)49-17-14-15-20-53(49)63)42-30-43(34-45(33-42)57(5,6)7)50-35-40(27-28-60-50)38-21-24-44(25-22-38)56(2,3)4/h14-36,63H,1-13H3/i1D3,2D3,3D3,4D3. The van der Waals surface area contributed by atoms with Gasteiger partial charge in [0.2, 0.25) is 0 Å². The van der Waals surface area contributed by atoms with E-state index in [1.54, 1.807) is 42.6 Å². The van der Waals surface area contributed by atoms with Crippen LogP contribution in [0.15, 0.2) is 140 Å². The van der Waals surface area contributed by atoms with Gasteiger partial charge in [-0.25, -0.2) is 4.98 Å². The Bertz CT molecular complexity index is 3380. The molecule has 4 nitrogen and oxygen atoms in total. The first-order valence-corrected chi connectivity index (χ1v) is 21.4. The van der Waals surface area contributed by atoms with Crippen LogP contribution in [0.4, 0.5) is 0 Å². The molecular formula is C59H63N3O. The molecule has 0 saturated heterocycles. The first kappa shape index (κ1) is 30.7. The predicted octanol–water partition coefficient (Wildman–Crippen LogP) is 16.0. The van der Waals surface area contributed by atoms with E-state index in [9.17, 15) is 5.11 Å². The highest BCUT2D eigenvalue weighted by atomic mass is 16.3. The minimum atomic E-state index is -3.39. The molecule has 4 heteroatoms. The molecule has 2 heterocycles. The average molecular weight is 842 g/mol. The van der Waals surface area contributed by atoms with Gasteiger partial charge in [-0.3, -0.25) is 9.55 Å². The van der Waals surface area contributed by atoms with Crippen LogP contribution in [0.25, 0.3) is 72.7 Å². The molecule has 0 atom stereocenters. The van der Waals surface area contributed by atoms with Crippen LogP contribution in [-0.2, 0) is 21.7 Å². The number of rotatable bonds is 6. The van der Waals surface area contributed by atoms with Crippen molar-refractivity contribution >= 4 is 11.0 Å². The van der Waals surface area contributed by atoms with Gasteiger partial charge in [-0.05, 0) is 139 Å². The molecule has 0 spiro atoms. The van der Waals surface area contributed by atoms with Crippen molar-refractivity contribution in [1.29, 1.82) is 0 Å². The van der Waals surface area contributed by atoms with E-state index in [4.69, 9.17) is 26.4 Å². The average Bonchev–Trinajstić information content (AvgIpc) is 3.68. The van der Waals surface area contributed by atoms with Gasteiger partial charge in [-0.2, -0.15) is 0 Å². The normalized spacial score (nSPS) is 16.2. The van der Waals surface area contributed by atoms with E-state index in [2.05, 4.69) is 92.6 Å². The molecule has 0 fully saturated rings. The van der Waals surface area contributed by atoms with Crippen molar-refractivity contribution in [2.45, 2.75) is 111 Å². The van der Waals surface area contributed by atoms with Gasteiger partial charge in [0, 0.05) is 33.8 Å². The van der Waals surface area contributed by atoms with Gasteiger partial charge < -0.3 is 5.11 Å². The second-order valence-electron chi connectivity index (χ2n) is 19.8. The van der Waals surface area contributed by atoms with E-state index in [1.807, 2.05) is 47.0 Å². The smallest absolute Gasteiger partial charge is 0.149 e. The molecule has 8 aromatic rings. The zero-order valence-electron chi connectivity index (χ0n) is 49.6. The van der Waals surface area contributed by atoms with E-state index < -0.39 is 32.8 Å². The fourth-order valence-corrected chi connectivity index (χ4v) is 8.03. The molecule has 1 N–H and O–H groups in total. The van der Waals surface area contributed by atoms with E-state index in [-0.39, 0.29) is 33.1 Å². The fraction of sp³-hybridized carbons (Fsp3) is 0.288. The molecule has 6 aromatic carbocycles. The van der Waals surface area contributed by atoms with Crippen LogP contribution in [0.1, 0.15) is 127 Å². The number of fused-ring (bicyclic) bond motifs is 1. The number of aryl methyl sites for hydroxylation is 1. The topological polar surface area (TPSA) is 50.9 Å². The molecule has 0 aliphatic rings. The van der Waals surface area contributed by atoms with Gasteiger partial charge >= 0.3 is 0 Å². The van der Waals surface area contributed by atoms with Crippen LogP contribution in [0.3, 0.4) is 0 Å². The fourth-order valence-electron chi connectivity index (χ4n) is 8.03. The maximum atomic E-state index is 11.5. The Morgan fingerprint density at radius 1 is 0.492 bits per heavy atom. The third kappa shape index (κ3) is 8.74. The Morgan fingerprint density at radius 3 is 1.75 bits per heavy atom. The first-order chi connectivity index (χ1) is 34.5. The minimum absolute atomic E-state index is 0.0277. The largest absolute Gasteiger partial charge is 0.507 e. The highest BCUT2D eigenvalue weighted by molar-refractivity contribution is 5.97. The van der Waals surface area contributed by atoms with Crippen LogP contribution in [-0.4, -0.2) is 19.6 Å². The third-order valence-corrected chi connectivity index (χ3v) is 11.9. The molecule has 0 unspecified atom stereocenters. The number of phenols is 1. The molecule has 63 heavy (non-hydrogen) atoms. The van der Waals surface area contributed by atoms with E-state index >= 15 is 0 Å². The first-order valence-electron chi connectivity index (χ1n) is 27.4. The van der Waals surface area contributed by atoms with Crippen molar-refractivity contribution in [1.82, 2.24) is 14.5 Å². The molecule has 8 rings (SSSR count). The summed E-state index contributed by atoms with van der Waals surface area (Å²) in [6, 6.07) is 40.1. The highest BCUT2D eigenvalue weighted by Crippen LogP contribution is 2.42. The Kier molecular flexibility index (Phi) is 7.72. The monoisotopic (exact) mass is 842 g/mol. The summed E-state index contributed by atoms with van der Waals surface area (Å²) in [6.07, 6.45) is 1.64. The number of para-hydroxylation sites is 2. The Morgan fingerprint density at radius 2 is 1.10 bits per heavy atom. The molecule has 0 aliphatic heterocycles. The Labute approximate surface area is 392 Å². The number of phenolic OH excluding ortho intramolecular Hbond substituents is 1. The third-order valence-electron chi connectivity index (χ3n) is 11.9. The summed E-state index contributed by atoms with van der Waals surface area (Å²) in [7, 11) is 0. The number of hydrogen-bond acceptors (Lipinski definition) is 3. The van der Waals surface area contributed by atoms with Gasteiger partial charge in [0.05, 0.1) is 28.0 Å². The van der Waals surface area contributed by atoms with Crippen molar-refractivity contribution in [3.05, 3.63) is 167 Å². The minimum Gasteiger partial charge on any atom is -0.507 e. The number of aromatic hydroxyl groups is 1. The zero-order valence-corrected chi connectivity index (χ0v) is 37.6. The lowest BCUT2D eigenvalue weighted by molar-refractivity contribution is 0.477. The molecule has 0 saturated carbocycles. The summed E-state index contributed by atoms with van der Waals surface area (Å²) in [5.74, 6) is 0.320. The van der Waals surface area contributed by atoms with Crippen molar-refractivity contribution in [2.75, 3.05) is 0 Å². The maximum absolute atomic E-state index is 11.5. The Balaban J connectivity index is 1.31. The summed E-state index contributed by atoms with van der Waals surface area (Å²) in [5.41, 5.74) is 6.97. The van der Waals surface area contributed by atoms with Crippen molar-refractivity contribution in [3.63, 3.8) is 0 Å². The van der Waals surface area contributed by atoms with Gasteiger partial charge in [0.25, 0.3) is 0 Å². The number of nitrogens with zero attached hydrogens (tertiary/aromatic N) is 3. The zero-order chi connectivity index (χ0) is 55.2. The van der Waals surface area contributed by atoms with E-state index in [0.717, 1.165) is 44.5 Å². The van der Waals surface area contributed by atoms with Crippen LogP contribution in [0.5, 0.6) is 5.75 Å². The number of hydrogen-bond donors (Lipinski definition) is 1. The summed E-state index contributed by atoms with van der Waals surface area (Å²) in [6.45, 7) is 6.60. The number of aromatic nitrogens is 3. The van der Waals surface area contributed by atoms with Gasteiger partial charge in [0.1, 0.15) is 11.6 Å². The van der Waals surface area contributed by atoms with Crippen molar-refractivity contribution in [2.24, 2.45) is 0 Å². The van der Waals surface area contributed by atoms with Crippen molar-refractivity contribution < 1.29 is 21.6 Å². The Hall–Kier alpha value is -6.26. The molecule has 320 valence electrons. The number of benzene rings is 6. The quantitative estimate of drug-likeness (QED) is 0.181. The maximum Gasteiger partial charge on any atom is 0.149 e. The van der Waals surface area contributed by atoms with Crippen molar-refractivity contribution in [3.8, 4) is 67.5 Å². The molecule has 0 radical (unpaired) electrons. The molecule has 0 aliphatic carbocycles. The lowest BCUT2D eigenvalue weighted by Crippen LogP contribution is -2.16. The second kappa shape index (κ2) is 15.8. The lowest BCUT2D eigenvalue weighted by atomic mass is 9.79. The van der Waals surface area contributed by atoms with Gasteiger partial charge in [-0.15, -0.1) is 0 Å². The van der Waals surface area contributed by atoms with Crippen LogP contribution in [0.2, 0.25) is 0 Å². The summed E-state index contributed by atoms with van der Waals surface area (Å²) in [4.78, 5) is 10.1. The van der Waals surface area contributed by atoms with Gasteiger partial charge in [-0.1, -0.05) is 162 Å². The number of pyridine rings is 1. The molecular weight excluding hydrogens is 767 g/mol. The summed E-state index contributed by atoms with van der Waals surface area (Å²) >= 11 is 0. The van der Waals surface area contributed by atoms with Crippen LogP contribution in [0, 0.1) is 6.85 Å². The molecule has 0 amide bonds. The van der Waals surface area contributed by atoms with Crippen LogP contribution >= 0.6 is 0 Å². The molecule has 0 bridgehead atoms. The highest BCUT2D eigenvalue weighted by Gasteiger charge is 2.25. The SMILES string of the molecule is [2H]C([2H])([2H])c1cc(-c2cc(C(C)(C)C)cc(C(C)(C)C)c2)ccc1-n1c(-c2ccccc2O)nc2c(-c3cc(-c4cc(-c5ccc(C(C([2H])([2H])[2H])(C([2H])([2H])[2H])C([2H])([2H])[2H])cc5)ccn4)cc(C(C)(C)C)c3)cccc21. The summed E-state index contributed by atoms with van der Waals surface area (Å²) in [5, 5.41) is 11.5. The number of imidazole rings is 1. The van der Waals surface area contributed by atoms with Crippen LogP contribution < -0.4 is 0 Å². The summed E-state index contributed by atoms with van der Waals surface area (Å²) < 4.78 is 103. The molecule has 2 aromatic heterocycles. The van der Waals surface area contributed by atoms with E-state index in [0.29, 0.717) is 44.9 Å². The predicted molar refractivity (Wildman–Crippen MR) is 267 cm³/mol. The lowest BCUT2D eigenvalue weighted by Gasteiger charge is -2.26. The van der Waals surface area contributed by atoms with E-state index in [1.165, 1.54) is 24.3 Å².